The Balaban J connectivity index is 1.86. The summed E-state index contributed by atoms with van der Waals surface area (Å²) in [4.78, 5) is 10.7. The van der Waals surface area contributed by atoms with E-state index in [1.165, 1.54) is 32.4 Å². The van der Waals surface area contributed by atoms with Crippen molar-refractivity contribution in [3.8, 4) is 6.07 Å². The van der Waals surface area contributed by atoms with Crippen molar-refractivity contribution in [2.75, 3.05) is 25.0 Å². The third kappa shape index (κ3) is 3.67. The van der Waals surface area contributed by atoms with E-state index in [-0.39, 0.29) is 6.04 Å². The largest absolute Gasteiger partial charge is 0.350 e. The van der Waals surface area contributed by atoms with Crippen LogP contribution in [-0.2, 0) is 0 Å². The van der Waals surface area contributed by atoms with Gasteiger partial charge in [0.05, 0.1) is 0 Å². The molecule has 5 nitrogen and oxygen atoms in total. The molecule has 0 bridgehead atoms. The molecule has 18 heavy (non-hydrogen) atoms. The number of hydrogen-bond acceptors (Lipinski definition) is 5. The normalized spacial score (nSPS) is 18.0. The third-order valence-electron chi connectivity index (χ3n) is 3.13. The minimum atomic E-state index is 0.289. The van der Waals surface area contributed by atoms with Crippen LogP contribution >= 0.6 is 0 Å². The maximum absolute atomic E-state index is 8.78. The zero-order valence-corrected chi connectivity index (χ0v) is 10.8. The number of aromatic nitrogens is 2. The van der Waals surface area contributed by atoms with Gasteiger partial charge in [0.2, 0.25) is 5.95 Å². The zero-order chi connectivity index (χ0) is 12.8. The maximum Gasteiger partial charge on any atom is 0.224 e. The first-order valence-corrected chi connectivity index (χ1v) is 6.50. The topological polar surface area (TPSA) is 64.8 Å². The number of nitrogens with one attached hydrogen (secondary N) is 1. The van der Waals surface area contributed by atoms with Crippen LogP contribution in [0.5, 0.6) is 0 Å². The highest BCUT2D eigenvalue weighted by molar-refractivity contribution is 5.30. The molecule has 0 saturated carbocycles. The molecule has 1 aromatic rings. The average molecular weight is 245 g/mol. The Kier molecular flexibility index (Phi) is 4.48. The highest BCUT2D eigenvalue weighted by atomic mass is 15.2. The summed E-state index contributed by atoms with van der Waals surface area (Å²) in [7, 11) is 0. The molecule has 5 heteroatoms. The van der Waals surface area contributed by atoms with Gasteiger partial charge in [-0.15, -0.1) is 0 Å². The minimum absolute atomic E-state index is 0.289. The first-order valence-electron chi connectivity index (χ1n) is 6.50. The van der Waals surface area contributed by atoms with Crippen molar-refractivity contribution < 1.29 is 0 Å². The van der Waals surface area contributed by atoms with Gasteiger partial charge in [-0.25, -0.2) is 9.97 Å². The molecule has 1 N–H and O–H groups in total. The highest BCUT2D eigenvalue weighted by Gasteiger charge is 2.13. The average Bonchev–Trinajstić information content (AvgIpc) is 2.40. The van der Waals surface area contributed by atoms with Gasteiger partial charge in [0.25, 0.3) is 0 Å². The van der Waals surface area contributed by atoms with Crippen molar-refractivity contribution in [2.24, 2.45) is 0 Å². The van der Waals surface area contributed by atoms with E-state index in [1.807, 2.05) is 6.07 Å². The summed E-state index contributed by atoms with van der Waals surface area (Å²) in [6.45, 7) is 5.49. The molecule has 2 rings (SSSR count). The molecule has 1 aromatic heterocycles. The van der Waals surface area contributed by atoms with Crippen molar-refractivity contribution in [3.05, 3.63) is 18.0 Å². The standard InChI is InChI=1S/C13H19N5/c1-11(10-18-7-3-2-4-8-18)16-13-15-6-5-12(9-14)17-13/h5-6,11H,2-4,7-8,10H2,1H3,(H,15,16,17). The van der Waals surface area contributed by atoms with Crippen molar-refractivity contribution in [1.29, 1.82) is 5.26 Å². The van der Waals surface area contributed by atoms with Crippen LogP contribution in [-0.4, -0.2) is 40.5 Å². The fourth-order valence-electron chi connectivity index (χ4n) is 2.29. The summed E-state index contributed by atoms with van der Waals surface area (Å²) in [5, 5.41) is 12.0. The van der Waals surface area contributed by atoms with Crippen LogP contribution in [0.25, 0.3) is 0 Å². The summed E-state index contributed by atoms with van der Waals surface area (Å²) in [5.74, 6) is 0.540. The van der Waals surface area contributed by atoms with Crippen molar-refractivity contribution in [1.82, 2.24) is 14.9 Å². The third-order valence-corrected chi connectivity index (χ3v) is 3.13. The summed E-state index contributed by atoms with van der Waals surface area (Å²) >= 11 is 0. The van der Waals surface area contributed by atoms with Gasteiger partial charge in [0, 0.05) is 18.8 Å². The molecule has 0 aliphatic carbocycles. The van der Waals surface area contributed by atoms with E-state index in [9.17, 15) is 0 Å². The van der Waals surface area contributed by atoms with E-state index in [1.54, 1.807) is 12.3 Å². The van der Waals surface area contributed by atoms with Crippen molar-refractivity contribution in [3.63, 3.8) is 0 Å². The van der Waals surface area contributed by atoms with Gasteiger partial charge >= 0.3 is 0 Å². The molecule has 1 aliphatic heterocycles. The van der Waals surface area contributed by atoms with Crippen LogP contribution < -0.4 is 5.32 Å². The second kappa shape index (κ2) is 6.31. The van der Waals surface area contributed by atoms with Gasteiger partial charge in [-0.05, 0) is 38.9 Å². The van der Waals surface area contributed by atoms with Crippen molar-refractivity contribution >= 4 is 5.95 Å². The Bertz CT molecular complexity index is 420. The van der Waals surface area contributed by atoms with Crippen LogP contribution in [0, 0.1) is 11.3 Å². The molecule has 1 atom stereocenters. The first kappa shape index (κ1) is 12.8. The summed E-state index contributed by atoms with van der Waals surface area (Å²) in [6.07, 6.45) is 5.56. The lowest BCUT2D eigenvalue weighted by atomic mass is 10.1. The molecule has 1 fully saturated rings. The highest BCUT2D eigenvalue weighted by Crippen LogP contribution is 2.10. The van der Waals surface area contributed by atoms with Crippen LogP contribution in [0.3, 0.4) is 0 Å². The molecule has 1 unspecified atom stereocenters. The molecule has 2 heterocycles. The maximum atomic E-state index is 8.78. The molecular weight excluding hydrogens is 226 g/mol. The molecule has 0 aromatic carbocycles. The van der Waals surface area contributed by atoms with E-state index >= 15 is 0 Å². The van der Waals surface area contributed by atoms with Gasteiger partial charge in [0.1, 0.15) is 11.8 Å². The summed E-state index contributed by atoms with van der Waals surface area (Å²) in [5.41, 5.74) is 0.401. The Hall–Kier alpha value is -1.67. The molecule has 0 amide bonds. The smallest absolute Gasteiger partial charge is 0.224 e. The van der Waals surface area contributed by atoms with Crippen LogP contribution in [0.4, 0.5) is 5.95 Å². The Morgan fingerprint density at radius 1 is 1.44 bits per heavy atom. The van der Waals surface area contributed by atoms with E-state index < -0.39 is 0 Å². The summed E-state index contributed by atoms with van der Waals surface area (Å²) in [6, 6.07) is 3.92. The second-order valence-corrected chi connectivity index (χ2v) is 4.78. The van der Waals surface area contributed by atoms with E-state index in [0.29, 0.717) is 11.6 Å². The number of rotatable bonds is 4. The number of anilines is 1. The van der Waals surface area contributed by atoms with Crippen LogP contribution in [0.15, 0.2) is 12.3 Å². The Morgan fingerprint density at radius 2 is 2.22 bits per heavy atom. The molecule has 0 radical (unpaired) electrons. The van der Waals surface area contributed by atoms with Gasteiger partial charge in [0.15, 0.2) is 0 Å². The molecular formula is C13H19N5. The molecule has 0 spiro atoms. The predicted octanol–water partition coefficient (Wildman–Crippen LogP) is 1.63. The molecule has 1 saturated heterocycles. The number of piperidine rings is 1. The number of hydrogen-bond donors (Lipinski definition) is 1. The van der Waals surface area contributed by atoms with Gasteiger partial charge in [-0.2, -0.15) is 5.26 Å². The SMILES string of the molecule is CC(CN1CCCCC1)Nc1nccc(C#N)n1. The number of nitrogens with zero attached hydrogens (tertiary/aromatic N) is 4. The monoisotopic (exact) mass is 245 g/mol. The van der Waals surface area contributed by atoms with Crippen LogP contribution in [0.1, 0.15) is 31.9 Å². The lowest BCUT2D eigenvalue weighted by Crippen LogP contribution is -2.38. The molecule has 1 aliphatic rings. The molecule has 96 valence electrons. The quantitative estimate of drug-likeness (QED) is 0.873. The Morgan fingerprint density at radius 3 is 2.94 bits per heavy atom. The lowest BCUT2D eigenvalue weighted by molar-refractivity contribution is 0.223. The lowest BCUT2D eigenvalue weighted by Gasteiger charge is -2.29. The number of likely N-dealkylation sites (tertiary alicyclic amines) is 1. The van der Waals surface area contributed by atoms with E-state index in [2.05, 4.69) is 27.1 Å². The summed E-state index contributed by atoms with van der Waals surface area (Å²) < 4.78 is 0. The Labute approximate surface area is 108 Å². The predicted molar refractivity (Wildman–Crippen MR) is 70.1 cm³/mol. The first-order chi connectivity index (χ1) is 8.78. The fourth-order valence-corrected chi connectivity index (χ4v) is 2.29. The fraction of sp³-hybridized carbons (Fsp3) is 0.615. The van der Waals surface area contributed by atoms with Gasteiger partial charge in [-0.3, -0.25) is 0 Å². The number of nitriles is 1. The van der Waals surface area contributed by atoms with E-state index in [4.69, 9.17) is 5.26 Å². The van der Waals surface area contributed by atoms with Crippen LogP contribution in [0.2, 0.25) is 0 Å². The van der Waals surface area contributed by atoms with Gasteiger partial charge in [-0.1, -0.05) is 6.42 Å². The van der Waals surface area contributed by atoms with E-state index in [0.717, 1.165) is 6.54 Å². The second-order valence-electron chi connectivity index (χ2n) is 4.78. The van der Waals surface area contributed by atoms with Crippen molar-refractivity contribution in [2.45, 2.75) is 32.2 Å². The minimum Gasteiger partial charge on any atom is -0.350 e. The van der Waals surface area contributed by atoms with Gasteiger partial charge < -0.3 is 10.2 Å². The zero-order valence-electron chi connectivity index (χ0n) is 10.8.